The van der Waals surface area contributed by atoms with Crippen molar-refractivity contribution in [1.82, 2.24) is 9.97 Å². The van der Waals surface area contributed by atoms with Gasteiger partial charge in [-0.2, -0.15) is 0 Å². The zero-order valence-corrected chi connectivity index (χ0v) is 27.9. The second kappa shape index (κ2) is 17.9. The summed E-state index contributed by atoms with van der Waals surface area (Å²) in [6.45, 7) is 4.53. The zero-order valence-electron chi connectivity index (χ0n) is 27.9. The molecule has 0 saturated heterocycles. The molecule has 0 aliphatic carbocycles. The molecule has 0 bridgehead atoms. The molecule has 0 radical (unpaired) electrons. The summed E-state index contributed by atoms with van der Waals surface area (Å²) in [5.41, 5.74) is 8.45. The van der Waals surface area contributed by atoms with Crippen molar-refractivity contribution in [3.63, 3.8) is 0 Å². The van der Waals surface area contributed by atoms with Gasteiger partial charge >= 0.3 is 0 Å². The lowest BCUT2D eigenvalue weighted by Gasteiger charge is -2.04. The first-order valence-electron chi connectivity index (χ1n) is 17.6. The van der Waals surface area contributed by atoms with Gasteiger partial charge in [-0.15, -0.1) is 0 Å². The Kier molecular flexibility index (Phi) is 12.8. The summed E-state index contributed by atoms with van der Waals surface area (Å²) in [4.78, 5) is 9.53. The number of hydrogen-bond donors (Lipinski definition) is 0. The maximum atomic E-state index is 4.77. The van der Waals surface area contributed by atoms with E-state index in [0.29, 0.717) is 0 Å². The van der Waals surface area contributed by atoms with E-state index in [1.54, 1.807) is 0 Å². The Morgan fingerprint density at radius 1 is 0.413 bits per heavy atom. The lowest BCUT2D eigenvalue weighted by atomic mass is 10.0. The van der Waals surface area contributed by atoms with Crippen LogP contribution >= 0.6 is 0 Å². The second-order valence-electron chi connectivity index (χ2n) is 12.6. The molecule has 0 spiro atoms. The Balaban J connectivity index is 1.18. The van der Waals surface area contributed by atoms with E-state index in [1.165, 1.54) is 88.2 Å². The van der Waals surface area contributed by atoms with E-state index in [1.807, 2.05) is 12.4 Å². The highest BCUT2D eigenvalue weighted by Gasteiger charge is 2.05. The van der Waals surface area contributed by atoms with E-state index in [0.717, 1.165) is 56.9 Å². The Morgan fingerprint density at radius 3 is 1.20 bits per heavy atom. The summed E-state index contributed by atoms with van der Waals surface area (Å²) in [7, 11) is 0. The Morgan fingerprint density at radius 2 is 0.783 bits per heavy atom. The number of unbranched alkanes of at least 4 members (excludes halogenated alkanes) is 10. The third-order valence-electron chi connectivity index (χ3n) is 8.75. The van der Waals surface area contributed by atoms with Gasteiger partial charge in [-0.25, -0.2) is 0 Å². The monoisotopic (exact) mass is 604 g/mol. The van der Waals surface area contributed by atoms with Gasteiger partial charge in [0.15, 0.2) is 0 Å². The van der Waals surface area contributed by atoms with Crippen LogP contribution < -0.4 is 0 Å². The van der Waals surface area contributed by atoms with E-state index < -0.39 is 0 Å². The maximum absolute atomic E-state index is 4.77. The predicted octanol–water partition coefficient (Wildman–Crippen LogP) is 11.4. The average molecular weight is 605 g/mol. The van der Waals surface area contributed by atoms with Crippen LogP contribution in [-0.2, 0) is 12.8 Å². The lowest BCUT2D eigenvalue weighted by Crippen LogP contribution is -1.89. The first-order chi connectivity index (χ1) is 22.7. The molecule has 46 heavy (non-hydrogen) atoms. The van der Waals surface area contributed by atoms with E-state index in [-0.39, 0.29) is 0 Å². The second-order valence-corrected chi connectivity index (χ2v) is 12.6. The minimum absolute atomic E-state index is 0.891. The first-order valence-corrected chi connectivity index (χ1v) is 17.6. The van der Waals surface area contributed by atoms with Crippen molar-refractivity contribution >= 4 is 21.8 Å². The van der Waals surface area contributed by atoms with E-state index in [9.17, 15) is 0 Å². The molecule has 2 aromatic heterocycles. The van der Waals surface area contributed by atoms with E-state index >= 15 is 0 Å². The zero-order chi connectivity index (χ0) is 31.8. The van der Waals surface area contributed by atoms with Gasteiger partial charge in [0, 0.05) is 45.4 Å². The number of benzene rings is 3. The van der Waals surface area contributed by atoms with Gasteiger partial charge in [0.05, 0.1) is 11.0 Å². The standard InChI is InChI=1S/C44H48N2/c1-3-5-7-9-11-13-15-35-17-21-37(22-18-35)25-27-39-31-41-29-30-42-32-40(34-46-44(42)43(41)45-33-39)28-26-38-23-19-36(20-24-38)16-14-12-10-8-6-4-2/h17-24,29-34H,3-16H2,1-2H3. The van der Waals surface area contributed by atoms with E-state index in [2.05, 4.69) is 110 Å². The van der Waals surface area contributed by atoms with Crippen LogP contribution in [0.25, 0.3) is 21.8 Å². The molecule has 2 heterocycles. The number of nitrogens with zero attached hydrogens (tertiary/aromatic N) is 2. The van der Waals surface area contributed by atoms with Gasteiger partial charge < -0.3 is 0 Å². The molecule has 0 atom stereocenters. The maximum Gasteiger partial charge on any atom is 0.0965 e. The molecule has 0 unspecified atom stereocenters. The van der Waals surface area contributed by atoms with Crippen molar-refractivity contribution in [3.8, 4) is 23.7 Å². The molecule has 0 aliphatic rings. The molecular formula is C44H48N2. The third-order valence-corrected chi connectivity index (χ3v) is 8.75. The molecule has 5 rings (SSSR count). The smallest absolute Gasteiger partial charge is 0.0965 e. The van der Waals surface area contributed by atoms with Crippen LogP contribution in [0, 0.1) is 23.7 Å². The van der Waals surface area contributed by atoms with Gasteiger partial charge in [0.2, 0.25) is 0 Å². The molecule has 0 fully saturated rings. The van der Waals surface area contributed by atoms with Crippen LogP contribution in [0.2, 0.25) is 0 Å². The van der Waals surface area contributed by atoms with Crippen molar-refractivity contribution < 1.29 is 0 Å². The summed E-state index contributed by atoms with van der Waals surface area (Å²) >= 11 is 0. The van der Waals surface area contributed by atoms with Gasteiger partial charge in [0.1, 0.15) is 0 Å². The van der Waals surface area contributed by atoms with E-state index in [4.69, 9.17) is 9.97 Å². The molecule has 234 valence electrons. The minimum Gasteiger partial charge on any atom is -0.253 e. The van der Waals surface area contributed by atoms with Gasteiger partial charge in [0.25, 0.3) is 0 Å². The van der Waals surface area contributed by atoms with Crippen molar-refractivity contribution in [2.24, 2.45) is 0 Å². The van der Waals surface area contributed by atoms with Crippen molar-refractivity contribution in [2.45, 2.75) is 104 Å². The summed E-state index contributed by atoms with van der Waals surface area (Å²) in [6.07, 6.45) is 22.0. The third kappa shape index (κ3) is 10.1. The Hall–Kier alpha value is -4.40. The number of aryl methyl sites for hydroxylation is 2. The predicted molar refractivity (Wildman–Crippen MR) is 196 cm³/mol. The van der Waals surface area contributed by atoms with Crippen LogP contribution in [0.4, 0.5) is 0 Å². The average Bonchev–Trinajstić information content (AvgIpc) is 3.10. The van der Waals surface area contributed by atoms with Gasteiger partial charge in [-0.1, -0.05) is 138 Å². The van der Waals surface area contributed by atoms with Crippen LogP contribution in [0.3, 0.4) is 0 Å². The lowest BCUT2D eigenvalue weighted by molar-refractivity contribution is 0.607. The molecule has 0 amide bonds. The SMILES string of the molecule is CCCCCCCCc1ccc(C#Cc2cnc3c(ccc4cc(C#Cc5ccc(CCCCCCCC)cc5)cnc43)c2)cc1. The highest BCUT2D eigenvalue weighted by Crippen LogP contribution is 2.23. The fourth-order valence-corrected chi connectivity index (χ4v) is 5.95. The largest absolute Gasteiger partial charge is 0.253 e. The molecule has 0 aliphatic heterocycles. The normalized spacial score (nSPS) is 10.8. The number of rotatable bonds is 14. The molecule has 3 aromatic carbocycles. The highest BCUT2D eigenvalue weighted by molar-refractivity contribution is 6.03. The van der Waals surface area contributed by atoms with Gasteiger partial charge in [-0.3, -0.25) is 9.97 Å². The number of fused-ring (bicyclic) bond motifs is 3. The Labute approximate surface area is 277 Å². The first kappa shape index (κ1) is 33.0. The Bertz CT molecular complexity index is 1670. The fourth-order valence-electron chi connectivity index (χ4n) is 5.95. The molecular weight excluding hydrogens is 556 g/mol. The quantitative estimate of drug-likeness (QED) is 0.0716. The summed E-state index contributed by atoms with van der Waals surface area (Å²) in [5, 5.41) is 2.09. The molecule has 2 nitrogen and oxygen atoms in total. The van der Waals surface area contributed by atoms with Crippen LogP contribution in [-0.4, -0.2) is 9.97 Å². The molecule has 5 aromatic rings. The summed E-state index contributed by atoms with van der Waals surface area (Å²) < 4.78 is 0. The minimum atomic E-state index is 0.891. The van der Waals surface area contributed by atoms with Crippen LogP contribution in [0.15, 0.2) is 85.2 Å². The van der Waals surface area contributed by atoms with Crippen LogP contribution in [0.1, 0.15) is 124 Å². The molecule has 0 N–H and O–H groups in total. The van der Waals surface area contributed by atoms with Crippen molar-refractivity contribution in [1.29, 1.82) is 0 Å². The number of aromatic nitrogens is 2. The number of pyridine rings is 2. The summed E-state index contributed by atoms with van der Waals surface area (Å²) in [5.74, 6) is 13.2. The highest BCUT2D eigenvalue weighted by atomic mass is 14.7. The van der Waals surface area contributed by atoms with Gasteiger partial charge in [-0.05, 0) is 73.2 Å². The molecule has 2 heteroatoms. The van der Waals surface area contributed by atoms with Crippen LogP contribution in [0.5, 0.6) is 0 Å². The van der Waals surface area contributed by atoms with Crippen molar-refractivity contribution in [3.05, 3.63) is 119 Å². The fraction of sp³-hybridized carbons (Fsp3) is 0.364. The topological polar surface area (TPSA) is 25.8 Å². The number of hydrogen-bond acceptors (Lipinski definition) is 2. The molecule has 0 saturated carbocycles. The summed E-state index contributed by atoms with van der Waals surface area (Å²) in [6, 6.07) is 25.9. The van der Waals surface area contributed by atoms with Crippen molar-refractivity contribution in [2.75, 3.05) is 0 Å².